The summed E-state index contributed by atoms with van der Waals surface area (Å²) < 4.78 is 5.21. The van der Waals surface area contributed by atoms with E-state index < -0.39 is 0 Å². The van der Waals surface area contributed by atoms with Crippen molar-refractivity contribution < 1.29 is 9.53 Å². The second-order valence-electron chi connectivity index (χ2n) is 3.74. The van der Waals surface area contributed by atoms with Crippen LogP contribution in [0.4, 0.5) is 0 Å². The lowest BCUT2D eigenvalue weighted by Crippen LogP contribution is -2.30. The minimum Gasteiger partial charge on any atom is -0.380 e. The standard InChI is InChI=1S/C12H17ClN2O2/c1-4-17-6-5-15(3)12(16)10-7-9(2)14-11(13)8-10/h7-8H,4-6H2,1-3H3. The van der Waals surface area contributed by atoms with Crippen molar-refractivity contribution in [3.8, 4) is 0 Å². The number of carbonyl (C=O) groups is 1. The SMILES string of the molecule is CCOCCN(C)C(=O)c1cc(C)nc(Cl)c1. The van der Waals surface area contributed by atoms with E-state index >= 15 is 0 Å². The summed E-state index contributed by atoms with van der Waals surface area (Å²) in [5.41, 5.74) is 1.29. The zero-order valence-corrected chi connectivity index (χ0v) is 11.1. The maximum Gasteiger partial charge on any atom is 0.253 e. The van der Waals surface area contributed by atoms with Crippen LogP contribution >= 0.6 is 11.6 Å². The number of rotatable bonds is 5. The van der Waals surface area contributed by atoms with Crippen LogP contribution in [0.1, 0.15) is 23.0 Å². The lowest BCUT2D eigenvalue weighted by Gasteiger charge is -2.17. The molecule has 0 unspecified atom stereocenters. The van der Waals surface area contributed by atoms with Crippen LogP contribution in [0.15, 0.2) is 12.1 Å². The Morgan fingerprint density at radius 1 is 1.53 bits per heavy atom. The van der Waals surface area contributed by atoms with Crippen molar-refractivity contribution in [3.63, 3.8) is 0 Å². The number of hydrogen-bond acceptors (Lipinski definition) is 3. The summed E-state index contributed by atoms with van der Waals surface area (Å²) in [7, 11) is 1.74. The van der Waals surface area contributed by atoms with E-state index in [1.54, 1.807) is 24.1 Å². The molecule has 4 nitrogen and oxygen atoms in total. The Morgan fingerprint density at radius 2 is 2.24 bits per heavy atom. The summed E-state index contributed by atoms with van der Waals surface area (Å²) in [6, 6.07) is 3.31. The van der Waals surface area contributed by atoms with Gasteiger partial charge in [0.2, 0.25) is 0 Å². The van der Waals surface area contributed by atoms with Gasteiger partial charge in [0.1, 0.15) is 5.15 Å². The van der Waals surface area contributed by atoms with Gasteiger partial charge in [-0.15, -0.1) is 0 Å². The van der Waals surface area contributed by atoms with E-state index in [-0.39, 0.29) is 5.91 Å². The minimum absolute atomic E-state index is 0.0721. The van der Waals surface area contributed by atoms with E-state index in [1.807, 2.05) is 13.8 Å². The van der Waals surface area contributed by atoms with Crippen molar-refractivity contribution >= 4 is 17.5 Å². The number of nitrogens with zero attached hydrogens (tertiary/aromatic N) is 2. The Bertz CT molecular complexity index is 376. The molecule has 0 aliphatic rings. The quantitative estimate of drug-likeness (QED) is 0.599. The van der Waals surface area contributed by atoms with Gasteiger partial charge >= 0.3 is 0 Å². The van der Waals surface area contributed by atoms with Crippen LogP contribution in [0, 0.1) is 6.92 Å². The van der Waals surface area contributed by atoms with Crippen LogP contribution in [-0.2, 0) is 4.74 Å². The molecule has 0 N–H and O–H groups in total. The van der Waals surface area contributed by atoms with Gasteiger partial charge in [-0.25, -0.2) is 4.98 Å². The van der Waals surface area contributed by atoms with Gasteiger partial charge in [0.05, 0.1) is 6.61 Å². The smallest absolute Gasteiger partial charge is 0.253 e. The summed E-state index contributed by atoms with van der Waals surface area (Å²) >= 11 is 5.82. The third-order valence-corrected chi connectivity index (χ3v) is 2.48. The van der Waals surface area contributed by atoms with Crippen LogP contribution < -0.4 is 0 Å². The van der Waals surface area contributed by atoms with Gasteiger partial charge in [-0.05, 0) is 26.0 Å². The van der Waals surface area contributed by atoms with Gasteiger partial charge in [0.15, 0.2) is 0 Å². The molecule has 0 saturated heterocycles. The van der Waals surface area contributed by atoms with Crippen LogP contribution in [0.3, 0.4) is 0 Å². The third-order valence-electron chi connectivity index (χ3n) is 2.29. The second-order valence-corrected chi connectivity index (χ2v) is 4.13. The minimum atomic E-state index is -0.0721. The molecule has 0 atom stereocenters. The van der Waals surface area contributed by atoms with Gasteiger partial charge in [0, 0.05) is 31.5 Å². The number of amides is 1. The molecule has 0 saturated carbocycles. The molecule has 5 heteroatoms. The first-order valence-electron chi connectivity index (χ1n) is 5.52. The van der Waals surface area contributed by atoms with Crippen molar-refractivity contribution in [2.45, 2.75) is 13.8 Å². The largest absolute Gasteiger partial charge is 0.380 e. The predicted molar refractivity (Wildman–Crippen MR) is 67.4 cm³/mol. The average Bonchev–Trinajstić information content (AvgIpc) is 2.27. The summed E-state index contributed by atoms with van der Waals surface area (Å²) in [4.78, 5) is 17.7. The lowest BCUT2D eigenvalue weighted by molar-refractivity contribution is 0.0709. The fourth-order valence-electron chi connectivity index (χ4n) is 1.42. The van der Waals surface area contributed by atoms with E-state index in [9.17, 15) is 4.79 Å². The second kappa shape index (κ2) is 6.57. The van der Waals surface area contributed by atoms with E-state index in [2.05, 4.69) is 4.98 Å². The Kier molecular flexibility index (Phi) is 5.38. The summed E-state index contributed by atoms with van der Waals surface area (Å²) in [5.74, 6) is -0.0721. The maximum absolute atomic E-state index is 12.0. The van der Waals surface area contributed by atoms with Crippen molar-refractivity contribution in [1.29, 1.82) is 0 Å². The first kappa shape index (κ1) is 13.9. The predicted octanol–water partition coefficient (Wildman–Crippen LogP) is 2.15. The molecule has 0 aliphatic heterocycles. The highest BCUT2D eigenvalue weighted by Gasteiger charge is 2.12. The van der Waals surface area contributed by atoms with Crippen molar-refractivity contribution in [1.82, 2.24) is 9.88 Å². The number of carbonyl (C=O) groups excluding carboxylic acids is 1. The number of hydrogen-bond donors (Lipinski definition) is 0. The number of aromatic nitrogens is 1. The fourth-order valence-corrected chi connectivity index (χ4v) is 1.67. The number of halogens is 1. The van der Waals surface area contributed by atoms with Gasteiger partial charge in [0.25, 0.3) is 5.91 Å². The third kappa shape index (κ3) is 4.32. The van der Waals surface area contributed by atoms with Gasteiger partial charge in [-0.1, -0.05) is 11.6 Å². The van der Waals surface area contributed by atoms with Gasteiger partial charge in [-0.3, -0.25) is 4.79 Å². The van der Waals surface area contributed by atoms with E-state index in [0.29, 0.717) is 30.5 Å². The zero-order chi connectivity index (χ0) is 12.8. The maximum atomic E-state index is 12.0. The van der Waals surface area contributed by atoms with Crippen molar-refractivity contribution in [2.24, 2.45) is 0 Å². The molecule has 1 aromatic heterocycles. The van der Waals surface area contributed by atoms with Crippen LogP contribution in [0.25, 0.3) is 0 Å². The summed E-state index contributed by atoms with van der Waals surface area (Å²) in [6.07, 6.45) is 0. The van der Waals surface area contributed by atoms with Crippen molar-refractivity contribution in [2.75, 3.05) is 26.8 Å². The molecule has 0 radical (unpaired) electrons. The molecular weight excluding hydrogens is 240 g/mol. The van der Waals surface area contributed by atoms with E-state index in [1.165, 1.54) is 0 Å². The Labute approximate surface area is 107 Å². The molecule has 1 amide bonds. The highest BCUT2D eigenvalue weighted by Crippen LogP contribution is 2.12. The molecule has 1 heterocycles. The molecule has 0 aliphatic carbocycles. The normalized spacial score (nSPS) is 10.4. The Hall–Kier alpha value is -1.13. The molecule has 0 fully saturated rings. The number of likely N-dealkylation sites (N-methyl/N-ethyl adjacent to an activating group) is 1. The summed E-state index contributed by atoms with van der Waals surface area (Å²) in [5, 5.41) is 0.339. The molecule has 0 spiro atoms. The highest BCUT2D eigenvalue weighted by atomic mass is 35.5. The van der Waals surface area contributed by atoms with Crippen LogP contribution in [0.5, 0.6) is 0 Å². The van der Waals surface area contributed by atoms with Crippen molar-refractivity contribution in [3.05, 3.63) is 28.5 Å². The number of pyridine rings is 1. The highest BCUT2D eigenvalue weighted by molar-refractivity contribution is 6.29. The zero-order valence-electron chi connectivity index (χ0n) is 10.4. The molecule has 0 aromatic carbocycles. The number of aryl methyl sites for hydroxylation is 1. The van der Waals surface area contributed by atoms with Gasteiger partial charge in [-0.2, -0.15) is 0 Å². The van der Waals surface area contributed by atoms with E-state index in [0.717, 1.165) is 5.69 Å². The molecule has 0 bridgehead atoms. The molecule has 1 rings (SSSR count). The Balaban J connectivity index is 2.68. The topological polar surface area (TPSA) is 42.4 Å². The molecule has 17 heavy (non-hydrogen) atoms. The van der Waals surface area contributed by atoms with Crippen LogP contribution in [-0.4, -0.2) is 42.6 Å². The van der Waals surface area contributed by atoms with E-state index in [4.69, 9.17) is 16.3 Å². The van der Waals surface area contributed by atoms with Gasteiger partial charge < -0.3 is 9.64 Å². The van der Waals surface area contributed by atoms with Crippen LogP contribution in [0.2, 0.25) is 5.15 Å². The monoisotopic (exact) mass is 256 g/mol. The molecule has 94 valence electrons. The fraction of sp³-hybridized carbons (Fsp3) is 0.500. The first-order valence-corrected chi connectivity index (χ1v) is 5.89. The Morgan fingerprint density at radius 3 is 2.82 bits per heavy atom. The lowest BCUT2D eigenvalue weighted by atomic mass is 10.2. The number of ether oxygens (including phenoxy) is 1. The molecular formula is C12H17ClN2O2. The first-order chi connectivity index (χ1) is 8.04. The molecule has 1 aromatic rings. The summed E-state index contributed by atoms with van der Waals surface area (Å²) in [6.45, 7) is 5.49. The average molecular weight is 257 g/mol.